The van der Waals surface area contributed by atoms with Gasteiger partial charge in [-0.05, 0) is 36.8 Å². The fourth-order valence-electron chi connectivity index (χ4n) is 1.85. The number of hydrogen-bond donors (Lipinski definition) is 1. The van der Waals surface area contributed by atoms with Crippen LogP contribution in [0.25, 0.3) is 11.4 Å². The molecular weight excluding hydrogens is 254 g/mol. The third-order valence-corrected chi connectivity index (χ3v) is 3.58. The molecule has 0 bridgehead atoms. The molecule has 3 nitrogen and oxygen atoms in total. The van der Waals surface area contributed by atoms with Gasteiger partial charge < -0.3 is 5.73 Å². The highest BCUT2D eigenvalue weighted by atomic mass is 32.2. The molecule has 1 atom stereocenters. The van der Waals surface area contributed by atoms with E-state index in [1.54, 1.807) is 0 Å². The van der Waals surface area contributed by atoms with E-state index in [1.165, 1.54) is 4.90 Å². The molecule has 2 aromatic rings. The van der Waals surface area contributed by atoms with Gasteiger partial charge >= 0.3 is 0 Å². The first-order chi connectivity index (χ1) is 9.19. The zero-order valence-corrected chi connectivity index (χ0v) is 12.2. The largest absolute Gasteiger partial charge is 0.328 e. The van der Waals surface area contributed by atoms with Crippen LogP contribution in [-0.2, 0) is 6.42 Å². The highest BCUT2D eigenvalue weighted by molar-refractivity contribution is 7.99. The Bertz CT molecular complexity index is 506. The van der Waals surface area contributed by atoms with Crippen LogP contribution in [0, 0.1) is 0 Å². The number of benzene rings is 1. The van der Waals surface area contributed by atoms with Gasteiger partial charge in [-0.1, -0.05) is 19.1 Å². The number of nitrogens with two attached hydrogens (primary N) is 1. The van der Waals surface area contributed by atoms with E-state index < -0.39 is 0 Å². The Morgan fingerprint density at radius 1 is 1.16 bits per heavy atom. The topological polar surface area (TPSA) is 51.8 Å². The van der Waals surface area contributed by atoms with Crippen LogP contribution in [0.4, 0.5) is 0 Å². The molecule has 0 spiro atoms. The van der Waals surface area contributed by atoms with Crippen molar-refractivity contribution >= 4 is 11.8 Å². The molecular formula is C15H19N3S. The van der Waals surface area contributed by atoms with Crippen LogP contribution in [0.1, 0.15) is 19.4 Å². The molecule has 0 aliphatic rings. The second kappa shape index (κ2) is 6.68. The van der Waals surface area contributed by atoms with Crippen LogP contribution in [-0.4, -0.2) is 21.8 Å². The lowest BCUT2D eigenvalue weighted by Crippen LogP contribution is -2.18. The summed E-state index contributed by atoms with van der Waals surface area (Å²) in [6, 6.07) is 8.50. The van der Waals surface area contributed by atoms with Crippen molar-refractivity contribution in [1.82, 2.24) is 9.97 Å². The summed E-state index contributed by atoms with van der Waals surface area (Å²) >= 11 is 1.83. The normalized spacial score (nSPS) is 12.4. The SMILES string of the molecule is CCSc1ccc(-c2ncc(CC(C)N)cn2)cc1. The molecule has 0 amide bonds. The van der Waals surface area contributed by atoms with Gasteiger partial charge in [-0.2, -0.15) is 0 Å². The van der Waals surface area contributed by atoms with Crippen molar-refractivity contribution in [2.45, 2.75) is 31.2 Å². The van der Waals surface area contributed by atoms with Crippen molar-refractivity contribution in [3.63, 3.8) is 0 Å². The van der Waals surface area contributed by atoms with Gasteiger partial charge in [0.1, 0.15) is 0 Å². The van der Waals surface area contributed by atoms with Crippen molar-refractivity contribution in [3.8, 4) is 11.4 Å². The average Bonchev–Trinajstić information content (AvgIpc) is 2.40. The maximum Gasteiger partial charge on any atom is 0.159 e. The van der Waals surface area contributed by atoms with Crippen molar-refractivity contribution in [3.05, 3.63) is 42.2 Å². The van der Waals surface area contributed by atoms with E-state index in [4.69, 9.17) is 5.73 Å². The third kappa shape index (κ3) is 4.04. The highest BCUT2D eigenvalue weighted by Gasteiger charge is 2.03. The summed E-state index contributed by atoms with van der Waals surface area (Å²) in [7, 11) is 0. The van der Waals surface area contributed by atoms with E-state index in [-0.39, 0.29) is 6.04 Å². The molecule has 0 saturated carbocycles. The van der Waals surface area contributed by atoms with Crippen LogP contribution < -0.4 is 5.73 Å². The molecule has 1 aromatic heterocycles. The summed E-state index contributed by atoms with van der Waals surface area (Å²) in [6.45, 7) is 4.14. The minimum absolute atomic E-state index is 0.139. The monoisotopic (exact) mass is 273 g/mol. The Labute approximate surface area is 118 Å². The lowest BCUT2D eigenvalue weighted by Gasteiger charge is -2.06. The van der Waals surface area contributed by atoms with Crippen molar-refractivity contribution in [2.75, 3.05) is 5.75 Å². The zero-order chi connectivity index (χ0) is 13.7. The zero-order valence-electron chi connectivity index (χ0n) is 11.3. The van der Waals surface area contributed by atoms with Gasteiger partial charge in [-0.25, -0.2) is 9.97 Å². The van der Waals surface area contributed by atoms with Crippen LogP contribution in [0.15, 0.2) is 41.6 Å². The molecule has 0 radical (unpaired) electrons. The van der Waals surface area contributed by atoms with Crippen LogP contribution >= 0.6 is 11.8 Å². The lowest BCUT2D eigenvalue weighted by molar-refractivity contribution is 0.732. The quantitative estimate of drug-likeness (QED) is 0.850. The second-order valence-corrected chi connectivity index (χ2v) is 5.89. The summed E-state index contributed by atoms with van der Waals surface area (Å²) < 4.78 is 0. The minimum Gasteiger partial charge on any atom is -0.328 e. The molecule has 1 aromatic carbocycles. The molecule has 2 rings (SSSR count). The van der Waals surface area contributed by atoms with Crippen LogP contribution in [0.3, 0.4) is 0 Å². The van der Waals surface area contributed by atoms with Crippen molar-refractivity contribution < 1.29 is 0 Å². The fourth-order valence-corrected chi connectivity index (χ4v) is 2.51. The van der Waals surface area contributed by atoms with Crippen LogP contribution in [0.2, 0.25) is 0 Å². The first kappa shape index (κ1) is 14.0. The lowest BCUT2D eigenvalue weighted by atomic mass is 10.1. The van der Waals surface area contributed by atoms with Gasteiger partial charge in [-0.15, -0.1) is 11.8 Å². The van der Waals surface area contributed by atoms with Gasteiger partial charge in [0, 0.05) is 28.9 Å². The van der Waals surface area contributed by atoms with E-state index >= 15 is 0 Å². The van der Waals surface area contributed by atoms with Gasteiger partial charge in [0.2, 0.25) is 0 Å². The summed E-state index contributed by atoms with van der Waals surface area (Å²) in [6.07, 6.45) is 4.53. The number of thioether (sulfide) groups is 1. The summed E-state index contributed by atoms with van der Waals surface area (Å²) in [5.74, 6) is 1.85. The highest BCUT2D eigenvalue weighted by Crippen LogP contribution is 2.21. The van der Waals surface area contributed by atoms with Crippen molar-refractivity contribution in [1.29, 1.82) is 0 Å². The van der Waals surface area contributed by atoms with Gasteiger partial charge in [-0.3, -0.25) is 0 Å². The molecule has 4 heteroatoms. The predicted octanol–water partition coefficient (Wildman–Crippen LogP) is 3.15. The summed E-state index contributed by atoms with van der Waals surface area (Å²) in [4.78, 5) is 10.1. The number of aromatic nitrogens is 2. The van der Waals surface area contributed by atoms with E-state index in [0.29, 0.717) is 0 Å². The maximum absolute atomic E-state index is 5.76. The van der Waals surface area contributed by atoms with Gasteiger partial charge in [0.05, 0.1) is 0 Å². The minimum atomic E-state index is 0.139. The molecule has 100 valence electrons. The molecule has 0 aliphatic heterocycles. The predicted molar refractivity (Wildman–Crippen MR) is 81.2 cm³/mol. The van der Waals surface area contributed by atoms with Gasteiger partial charge in [0.15, 0.2) is 5.82 Å². The average molecular weight is 273 g/mol. The number of hydrogen-bond acceptors (Lipinski definition) is 4. The first-order valence-corrected chi connectivity index (χ1v) is 7.47. The molecule has 1 heterocycles. The molecule has 0 saturated heterocycles. The molecule has 0 aliphatic carbocycles. The van der Waals surface area contributed by atoms with E-state index in [0.717, 1.165) is 29.1 Å². The Morgan fingerprint density at radius 2 is 1.79 bits per heavy atom. The van der Waals surface area contributed by atoms with Gasteiger partial charge in [0.25, 0.3) is 0 Å². The van der Waals surface area contributed by atoms with Crippen molar-refractivity contribution in [2.24, 2.45) is 5.73 Å². The number of rotatable bonds is 5. The Kier molecular flexibility index (Phi) is 4.93. The first-order valence-electron chi connectivity index (χ1n) is 6.48. The molecule has 19 heavy (non-hydrogen) atoms. The Balaban J connectivity index is 2.13. The maximum atomic E-state index is 5.76. The molecule has 0 fully saturated rings. The fraction of sp³-hybridized carbons (Fsp3) is 0.333. The second-order valence-electron chi connectivity index (χ2n) is 4.55. The molecule has 1 unspecified atom stereocenters. The van der Waals surface area contributed by atoms with E-state index in [2.05, 4.69) is 41.2 Å². The third-order valence-electron chi connectivity index (χ3n) is 2.69. The van der Waals surface area contributed by atoms with Crippen LogP contribution in [0.5, 0.6) is 0 Å². The van der Waals surface area contributed by atoms with E-state index in [9.17, 15) is 0 Å². The summed E-state index contributed by atoms with van der Waals surface area (Å²) in [5.41, 5.74) is 7.89. The molecule has 2 N–H and O–H groups in total. The Hall–Kier alpha value is -1.39. The van der Waals surface area contributed by atoms with E-state index in [1.807, 2.05) is 31.1 Å². The number of nitrogens with zero attached hydrogens (tertiary/aromatic N) is 2. The summed E-state index contributed by atoms with van der Waals surface area (Å²) in [5, 5.41) is 0. The smallest absolute Gasteiger partial charge is 0.159 e. The standard InChI is InChI=1S/C15H19N3S/c1-3-19-14-6-4-13(5-7-14)15-17-9-12(10-18-15)8-11(2)16/h4-7,9-11H,3,8,16H2,1-2H3. The Morgan fingerprint density at radius 3 is 2.32 bits per heavy atom.